The summed E-state index contributed by atoms with van der Waals surface area (Å²) < 4.78 is 13.8. The number of aryl methyl sites for hydroxylation is 1. The monoisotopic (exact) mass is 377 g/mol. The smallest absolute Gasteiger partial charge is 0.325 e. The van der Waals surface area contributed by atoms with Crippen molar-refractivity contribution in [3.63, 3.8) is 0 Å². The van der Waals surface area contributed by atoms with Gasteiger partial charge in [-0.1, -0.05) is 37.5 Å². The zero-order valence-electron chi connectivity index (χ0n) is 15.0. The van der Waals surface area contributed by atoms with E-state index in [1.807, 2.05) is 0 Å². The fourth-order valence-corrected chi connectivity index (χ4v) is 4.07. The molecule has 1 saturated carbocycles. The lowest BCUT2D eigenvalue weighted by molar-refractivity contribution is -0.143. The third-order valence-corrected chi connectivity index (χ3v) is 5.47. The maximum absolute atomic E-state index is 13.8. The average molecular weight is 377 g/mol. The van der Waals surface area contributed by atoms with Gasteiger partial charge >= 0.3 is 6.03 Å². The first-order chi connectivity index (χ1) is 13.0. The van der Waals surface area contributed by atoms with Gasteiger partial charge in [0, 0.05) is 0 Å². The number of hydrogen-bond acceptors (Lipinski definition) is 4. The molecule has 1 aromatic rings. The van der Waals surface area contributed by atoms with Gasteiger partial charge < -0.3 is 5.32 Å². The van der Waals surface area contributed by atoms with Crippen molar-refractivity contribution in [1.82, 2.24) is 15.7 Å². The predicted octanol–water partition coefficient (Wildman–Crippen LogP) is 2.13. The molecular weight excluding hydrogens is 353 g/mol. The molecule has 1 saturated heterocycles. The number of rotatable bonds is 6. The van der Waals surface area contributed by atoms with E-state index in [1.165, 1.54) is 6.07 Å². The lowest BCUT2D eigenvalue weighted by atomic mass is 9.83. The van der Waals surface area contributed by atoms with E-state index < -0.39 is 29.9 Å². The lowest BCUT2D eigenvalue weighted by Gasteiger charge is -2.33. The summed E-state index contributed by atoms with van der Waals surface area (Å²) in [6.07, 6.45) is 4.84. The number of halogens is 1. The molecule has 1 aliphatic heterocycles. The zero-order chi connectivity index (χ0) is 19.4. The zero-order valence-corrected chi connectivity index (χ0v) is 15.0. The van der Waals surface area contributed by atoms with Crippen LogP contribution in [0.3, 0.4) is 0 Å². The molecule has 2 atom stereocenters. The number of carbonyl (C=O) groups excluding carboxylic acids is 3. The Morgan fingerprint density at radius 2 is 1.96 bits per heavy atom. The molecule has 0 bridgehead atoms. The Kier molecular flexibility index (Phi) is 6.05. The molecule has 7 nitrogen and oxygen atoms in total. The van der Waals surface area contributed by atoms with E-state index in [1.54, 1.807) is 23.7 Å². The number of imide groups is 1. The number of hydrogen-bond donors (Lipinski definition) is 3. The SMILES string of the molecule is O=C(NO)C(C1CCCCC1)N1C(=O)NC(CCc2ccccc2F)C1=O. The molecule has 2 unspecified atom stereocenters. The van der Waals surface area contributed by atoms with Crippen LogP contribution in [0.4, 0.5) is 9.18 Å². The second kappa shape index (κ2) is 8.47. The summed E-state index contributed by atoms with van der Waals surface area (Å²) in [7, 11) is 0. The van der Waals surface area contributed by atoms with Crippen molar-refractivity contribution >= 4 is 17.8 Å². The summed E-state index contributed by atoms with van der Waals surface area (Å²) in [5.41, 5.74) is 2.07. The molecule has 1 aromatic carbocycles. The van der Waals surface area contributed by atoms with Crippen LogP contribution in [-0.4, -0.2) is 40.0 Å². The second-order valence-corrected chi connectivity index (χ2v) is 7.16. The predicted molar refractivity (Wildman–Crippen MR) is 94.2 cm³/mol. The molecule has 146 valence electrons. The van der Waals surface area contributed by atoms with E-state index in [2.05, 4.69) is 5.32 Å². The first-order valence-corrected chi connectivity index (χ1v) is 9.34. The Hall–Kier alpha value is -2.48. The van der Waals surface area contributed by atoms with Gasteiger partial charge in [0.1, 0.15) is 17.9 Å². The van der Waals surface area contributed by atoms with Crippen LogP contribution in [0.5, 0.6) is 0 Å². The molecule has 4 amide bonds. The quantitative estimate of drug-likeness (QED) is 0.402. The van der Waals surface area contributed by atoms with Crippen molar-refractivity contribution < 1.29 is 24.0 Å². The molecule has 1 aliphatic carbocycles. The minimum Gasteiger partial charge on any atom is -0.326 e. The Morgan fingerprint density at radius 3 is 2.63 bits per heavy atom. The van der Waals surface area contributed by atoms with Gasteiger partial charge in [-0.15, -0.1) is 0 Å². The Morgan fingerprint density at radius 1 is 1.26 bits per heavy atom. The van der Waals surface area contributed by atoms with Gasteiger partial charge in [-0.05, 0) is 43.2 Å². The maximum atomic E-state index is 13.8. The van der Waals surface area contributed by atoms with Gasteiger partial charge in [0.15, 0.2) is 0 Å². The highest BCUT2D eigenvalue weighted by molar-refractivity contribution is 6.07. The van der Waals surface area contributed by atoms with Crippen LogP contribution >= 0.6 is 0 Å². The Bertz CT molecular complexity index is 721. The molecule has 2 fully saturated rings. The van der Waals surface area contributed by atoms with Crippen LogP contribution in [0.1, 0.15) is 44.1 Å². The number of nitrogens with zero attached hydrogens (tertiary/aromatic N) is 1. The van der Waals surface area contributed by atoms with Crippen molar-refractivity contribution in [1.29, 1.82) is 0 Å². The van der Waals surface area contributed by atoms with Crippen LogP contribution in [0.25, 0.3) is 0 Å². The molecule has 0 spiro atoms. The molecule has 27 heavy (non-hydrogen) atoms. The van der Waals surface area contributed by atoms with Gasteiger partial charge in [-0.25, -0.2) is 19.6 Å². The van der Waals surface area contributed by atoms with Crippen LogP contribution in [0, 0.1) is 11.7 Å². The molecule has 0 aromatic heterocycles. The summed E-state index contributed by atoms with van der Waals surface area (Å²) in [5, 5.41) is 11.7. The third kappa shape index (κ3) is 4.10. The van der Waals surface area contributed by atoms with Crippen molar-refractivity contribution in [3.8, 4) is 0 Å². The summed E-state index contributed by atoms with van der Waals surface area (Å²) >= 11 is 0. The maximum Gasteiger partial charge on any atom is 0.325 e. The molecule has 0 radical (unpaired) electrons. The van der Waals surface area contributed by atoms with Crippen LogP contribution in [-0.2, 0) is 16.0 Å². The van der Waals surface area contributed by atoms with Gasteiger partial charge in [-0.2, -0.15) is 0 Å². The highest BCUT2D eigenvalue weighted by Crippen LogP contribution is 2.31. The topological polar surface area (TPSA) is 98.7 Å². The van der Waals surface area contributed by atoms with E-state index in [0.717, 1.165) is 37.0 Å². The number of carbonyl (C=O) groups is 3. The highest BCUT2D eigenvalue weighted by Gasteiger charge is 2.47. The second-order valence-electron chi connectivity index (χ2n) is 7.16. The lowest BCUT2D eigenvalue weighted by Crippen LogP contribution is -2.53. The molecular formula is C19H24FN3O4. The minimum absolute atomic E-state index is 0.175. The first kappa shape index (κ1) is 19.3. The Balaban J connectivity index is 1.73. The van der Waals surface area contributed by atoms with Gasteiger partial charge in [0.05, 0.1) is 0 Å². The third-order valence-electron chi connectivity index (χ3n) is 5.47. The number of urea groups is 1. The molecule has 3 rings (SSSR count). The standard InChI is InChI=1S/C19H24FN3O4/c20-14-9-5-4-6-12(14)10-11-15-18(25)23(19(26)21-15)16(17(24)22-27)13-7-2-1-3-8-13/h4-6,9,13,15-16,27H,1-3,7-8,10-11H2,(H,21,26)(H,22,24). The number of benzene rings is 1. The van der Waals surface area contributed by atoms with E-state index in [9.17, 15) is 18.8 Å². The fraction of sp³-hybridized carbons (Fsp3) is 0.526. The number of nitrogens with one attached hydrogen (secondary N) is 2. The van der Waals surface area contributed by atoms with Crippen molar-refractivity contribution in [2.45, 2.75) is 57.0 Å². The average Bonchev–Trinajstić information content (AvgIpc) is 2.96. The number of hydroxylamine groups is 1. The first-order valence-electron chi connectivity index (χ1n) is 9.34. The normalized spacial score (nSPS) is 21.9. The van der Waals surface area contributed by atoms with Crippen LogP contribution in [0.2, 0.25) is 0 Å². The molecule has 3 N–H and O–H groups in total. The van der Waals surface area contributed by atoms with Gasteiger partial charge in [-0.3, -0.25) is 14.8 Å². The van der Waals surface area contributed by atoms with E-state index in [0.29, 0.717) is 5.56 Å². The molecule has 2 aliphatic rings. The van der Waals surface area contributed by atoms with Crippen LogP contribution in [0.15, 0.2) is 24.3 Å². The summed E-state index contributed by atoms with van der Waals surface area (Å²) in [5.74, 6) is -1.78. The van der Waals surface area contributed by atoms with Crippen LogP contribution < -0.4 is 10.8 Å². The van der Waals surface area contributed by atoms with E-state index >= 15 is 0 Å². The Labute approximate surface area is 156 Å². The molecule has 8 heteroatoms. The summed E-state index contributed by atoms with van der Waals surface area (Å²) in [6.45, 7) is 0. The minimum atomic E-state index is -1.03. The summed E-state index contributed by atoms with van der Waals surface area (Å²) in [6, 6.07) is 3.81. The molecule has 1 heterocycles. The fourth-order valence-electron chi connectivity index (χ4n) is 4.07. The largest absolute Gasteiger partial charge is 0.326 e. The number of amides is 4. The highest BCUT2D eigenvalue weighted by atomic mass is 19.1. The van der Waals surface area contributed by atoms with E-state index in [-0.39, 0.29) is 24.6 Å². The van der Waals surface area contributed by atoms with Gasteiger partial charge in [0.2, 0.25) is 0 Å². The van der Waals surface area contributed by atoms with E-state index in [4.69, 9.17) is 5.21 Å². The summed E-state index contributed by atoms with van der Waals surface area (Å²) in [4.78, 5) is 38.4. The van der Waals surface area contributed by atoms with Gasteiger partial charge in [0.25, 0.3) is 11.8 Å². The van der Waals surface area contributed by atoms with Crippen molar-refractivity contribution in [2.75, 3.05) is 0 Å². The van der Waals surface area contributed by atoms with Crippen molar-refractivity contribution in [2.24, 2.45) is 5.92 Å². The van der Waals surface area contributed by atoms with Crippen molar-refractivity contribution in [3.05, 3.63) is 35.6 Å².